The highest BCUT2D eigenvalue weighted by molar-refractivity contribution is 5.95. The van der Waals surface area contributed by atoms with Crippen LogP contribution in [0.15, 0.2) is 0 Å². The van der Waals surface area contributed by atoms with Gasteiger partial charge in [0.15, 0.2) is 0 Å². The Balaban J connectivity index is 1.80. The predicted molar refractivity (Wildman–Crippen MR) is 73.4 cm³/mol. The molecule has 0 spiro atoms. The van der Waals surface area contributed by atoms with E-state index in [-0.39, 0.29) is 38.1 Å². The molecule has 2 amide bonds. The average Bonchev–Trinajstić information content (AvgIpc) is 2.48. The number of ether oxygens (including phenoxy) is 2. The fourth-order valence-corrected chi connectivity index (χ4v) is 2.85. The highest BCUT2D eigenvalue weighted by Gasteiger charge is 2.38. The molecule has 2 fully saturated rings. The molecule has 0 aromatic heterocycles. The monoisotopic (exact) mass is 352 g/mol. The molecule has 1 saturated carbocycles. The van der Waals surface area contributed by atoms with Gasteiger partial charge in [0.25, 0.3) is 0 Å². The summed E-state index contributed by atoms with van der Waals surface area (Å²) in [6.45, 7) is 1.35. The summed E-state index contributed by atoms with van der Waals surface area (Å²) in [4.78, 5) is 35.1. The molecule has 1 aliphatic carbocycles. The van der Waals surface area contributed by atoms with Crippen LogP contribution in [0.2, 0.25) is 0 Å². The second-order valence-corrected chi connectivity index (χ2v) is 5.94. The molecule has 1 heterocycles. The van der Waals surface area contributed by atoms with Crippen molar-refractivity contribution in [2.24, 2.45) is 5.92 Å². The Morgan fingerprint density at radius 3 is 2.42 bits per heavy atom. The van der Waals surface area contributed by atoms with Crippen molar-refractivity contribution in [1.29, 1.82) is 0 Å². The molecule has 1 aliphatic heterocycles. The van der Waals surface area contributed by atoms with Crippen LogP contribution in [0.3, 0.4) is 0 Å². The highest BCUT2D eigenvalue weighted by atomic mass is 19.4. The second-order valence-electron chi connectivity index (χ2n) is 5.94. The van der Waals surface area contributed by atoms with Gasteiger partial charge in [-0.2, -0.15) is 0 Å². The second kappa shape index (κ2) is 7.37. The SMILES string of the molecule is CC(OC(=O)C1CCC(OC(F)(F)F)CC1)C1NC(=O)CNC1=O. The smallest absolute Gasteiger partial charge is 0.460 e. The zero-order valence-electron chi connectivity index (χ0n) is 13.0. The number of amides is 2. The van der Waals surface area contributed by atoms with E-state index in [1.54, 1.807) is 0 Å². The summed E-state index contributed by atoms with van der Waals surface area (Å²) in [5.74, 6) is -1.95. The maximum absolute atomic E-state index is 12.2. The summed E-state index contributed by atoms with van der Waals surface area (Å²) in [6, 6.07) is -0.972. The summed E-state index contributed by atoms with van der Waals surface area (Å²) in [6.07, 6.45) is -5.85. The van der Waals surface area contributed by atoms with Gasteiger partial charge in [-0.1, -0.05) is 0 Å². The van der Waals surface area contributed by atoms with Crippen molar-refractivity contribution in [2.75, 3.05) is 6.54 Å². The largest absolute Gasteiger partial charge is 0.522 e. The lowest BCUT2D eigenvalue weighted by Crippen LogP contribution is -2.60. The van der Waals surface area contributed by atoms with E-state index in [2.05, 4.69) is 15.4 Å². The van der Waals surface area contributed by atoms with Crippen molar-refractivity contribution >= 4 is 17.8 Å². The number of carbonyl (C=O) groups is 3. The van der Waals surface area contributed by atoms with Crippen LogP contribution in [0, 0.1) is 5.92 Å². The minimum Gasteiger partial charge on any atom is -0.460 e. The number of piperazine rings is 1. The third-order valence-electron chi connectivity index (χ3n) is 4.10. The third-order valence-corrected chi connectivity index (χ3v) is 4.10. The molecule has 0 aromatic rings. The van der Waals surface area contributed by atoms with E-state index in [1.807, 2.05) is 0 Å². The van der Waals surface area contributed by atoms with Crippen LogP contribution in [0.5, 0.6) is 0 Å². The number of halogens is 3. The van der Waals surface area contributed by atoms with Crippen LogP contribution in [-0.4, -0.2) is 48.9 Å². The van der Waals surface area contributed by atoms with Crippen LogP contribution < -0.4 is 10.6 Å². The number of nitrogens with one attached hydrogen (secondary N) is 2. The maximum Gasteiger partial charge on any atom is 0.522 e. The standard InChI is InChI=1S/C14H19F3N2O5/c1-7(11-12(21)18-6-10(20)19-11)23-13(22)8-2-4-9(5-3-8)24-14(15,16)17/h7-9,11H,2-6H2,1H3,(H,18,21)(H,19,20). The zero-order valence-corrected chi connectivity index (χ0v) is 13.0. The number of hydrogen-bond acceptors (Lipinski definition) is 5. The van der Waals surface area contributed by atoms with Crippen molar-refractivity contribution in [3.8, 4) is 0 Å². The Hall–Kier alpha value is -1.84. The van der Waals surface area contributed by atoms with Crippen molar-refractivity contribution in [3.05, 3.63) is 0 Å². The molecule has 7 nitrogen and oxygen atoms in total. The molecular formula is C14H19F3N2O5. The molecule has 0 aromatic carbocycles. The lowest BCUT2D eigenvalue weighted by atomic mass is 9.87. The fraction of sp³-hybridized carbons (Fsp3) is 0.786. The normalized spacial score (nSPS) is 29.4. The highest BCUT2D eigenvalue weighted by Crippen LogP contribution is 2.31. The van der Waals surface area contributed by atoms with Gasteiger partial charge >= 0.3 is 12.3 Å². The predicted octanol–water partition coefficient (Wildman–Crippen LogP) is 0.628. The van der Waals surface area contributed by atoms with Crippen LogP contribution in [0.4, 0.5) is 13.2 Å². The summed E-state index contributed by atoms with van der Waals surface area (Å²) in [7, 11) is 0. The number of esters is 1. The van der Waals surface area contributed by atoms with Crippen molar-refractivity contribution in [3.63, 3.8) is 0 Å². The van der Waals surface area contributed by atoms with Gasteiger partial charge in [-0.25, -0.2) is 0 Å². The Morgan fingerprint density at radius 2 is 1.83 bits per heavy atom. The van der Waals surface area contributed by atoms with Crippen molar-refractivity contribution in [2.45, 2.75) is 57.2 Å². The molecule has 24 heavy (non-hydrogen) atoms. The molecule has 10 heteroatoms. The lowest BCUT2D eigenvalue weighted by Gasteiger charge is -2.31. The molecular weight excluding hydrogens is 333 g/mol. The van der Waals surface area contributed by atoms with Gasteiger partial charge in [0.05, 0.1) is 18.6 Å². The van der Waals surface area contributed by atoms with Gasteiger partial charge in [0.1, 0.15) is 12.1 Å². The first-order valence-electron chi connectivity index (χ1n) is 7.68. The van der Waals surface area contributed by atoms with Crippen molar-refractivity contribution in [1.82, 2.24) is 10.6 Å². The van der Waals surface area contributed by atoms with Crippen LogP contribution in [-0.2, 0) is 23.9 Å². The Morgan fingerprint density at radius 1 is 1.21 bits per heavy atom. The minimum atomic E-state index is -4.68. The van der Waals surface area contributed by atoms with Gasteiger partial charge in [-0.05, 0) is 32.6 Å². The molecule has 1 saturated heterocycles. The zero-order chi connectivity index (χ0) is 17.9. The van der Waals surface area contributed by atoms with Crippen LogP contribution >= 0.6 is 0 Å². The van der Waals surface area contributed by atoms with Crippen LogP contribution in [0.25, 0.3) is 0 Å². The van der Waals surface area contributed by atoms with Gasteiger partial charge in [-0.3, -0.25) is 19.1 Å². The summed E-state index contributed by atoms with van der Waals surface area (Å²) in [5.41, 5.74) is 0. The number of carbonyl (C=O) groups excluding carboxylic acids is 3. The number of hydrogen-bond donors (Lipinski definition) is 2. The van der Waals surface area contributed by atoms with E-state index in [4.69, 9.17) is 4.74 Å². The van der Waals surface area contributed by atoms with E-state index >= 15 is 0 Å². The van der Waals surface area contributed by atoms with Gasteiger partial charge in [0.2, 0.25) is 11.8 Å². The van der Waals surface area contributed by atoms with E-state index in [0.717, 1.165) is 0 Å². The molecule has 2 aliphatic rings. The Labute approximate surface area is 136 Å². The number of rotatable bonds is 4. The maximum atomic E-state index is 12.2. The summed E-state index contributed by atoms with van der Waals surface area (Å²) >= 11 is 0. The molecule has 0 radical (unpaired) electrons. The molecule has 2 rings (SSSR count). The van der Waals surface area contributed by atoms with E-state index < -0.39 is 42.4 Å². The lowest BCUT2D eigenvalue weighted by molar-refractivity contribution is -0.345. The first-order valence-corrected chi connectivity index (χ1v) is 7.68. The van der Waals surface area contributed by atoms with E-state index in [1.165, 1.54) is 6.92 Å². The molecule has 136 valence electrons. The first-order chi connectivity index (χ1) is 11.2. The summed E-state index contributed by atoms with van der Waals surface area (Å²) < 4.78 is 45.6. The van der Waals surface area contributed by atoms with Gasteiger partial charge in [0, 0.05) is 0 Å². The molecule has 2 N–H and O–H groups in total. The van der Waals surface area contributed by atoms with Crippen molar-refractivity contribution < 1.29 is 37.0 Å². The fourth-order valence-electron chi connectivity index (χ4n) is 2.85. The van der Waals surface area contributed by atoms with Gasteiger partial charge < -0.3 is 15.4 Å². The van der Waals surface area contributed by atoms with Gasteiger partial charge in [-0.15, -0.1) is 13.2 Å². The molecule has 2 unspecified atom stereocenters. The molecule has 0 bridgehead atoms. The Bertz CT molecular complexity index is 503. The number of alkyl halides is 3. The summed E-state index contributed by atoms with van der Waals surface area (Å²) in [5, 5.41) is 4.81. The van der Waals surface area contributed by atoms with E-state index in [0.29, 0.717) is 0 Å². The van der Waals surface area contributed by atoms with E-state index in [9.17, 15) is 27.6 Å². The quantitative estimate of drug-likeness (QED) is 0.724. The third kappa shape index (κ3) is 5.08. The topological polar surface area (TPSA) is 93.7 Å². The molecule has 2 atom stereocenters. The minimum absolute atomic E-state index is 0.105. The van der Waals surface area contributed by atoms with Crippen LogP contribution in [0.1, 0.15) is 32.6 Å². The average molecular weight is 352 g/mol. The Kier molecular flexibility index (Phi) is 5.68. The first kappa shape index (κ1) is 18.5.